The highest BCUT2D eigenvalue weighted by Crippen LogP contribution is 2.28. The molecule has 39 heavy (non-hydrogen) atoms. The van der Waals surface area contributed by atoms with E-state index in [4.69, 9.17) is 21.5 Å². The van der Waals surface area contributed by atoms with Crippen LogP contribution < -0.4 is 15.5 Å². The van der Waals surface area contributed by atoms with Crippen LogP contribution in [-0.2, 0) is 11.2 Å². The van der Waals surface area contributed by atoms with E-state index in [-0.39, 0.29) is 39.8 Å². The number of carbonyl (C=O) groups is 3. The highest BCUT2D eigenvalue weighted by atomic mass is 35.5. The largest absolute Gasteiger partial charge is 0.478 e. The van der Waals surface area contributed by atoms with Crippen molar-refractivity contribution in [2.75, 3.05) is 12.4 Å². The Morgan fingerprint density at radius 2 is 1.74 bits per heavy atom. The maximum Gasteiger partial charge on any atom is 0.335 e. The molecule has 9 nitrogen and oxygen atoms in total. The van der Waals surface area contributed by atoms with Gasteiger partial charge in [-0.25, -0.2) is 14.2 Å². The van der Waals surface area contributed by atoms with Crippen molar-refractivity contribution in [1.82, 2.24) is 15.0 Å². The van der Waals surface area contributed by atoms with E-state index in [1.165, 1.54) is 43.5 Å². The van der Waals surface area contributed by atoms with Gasteiger partial charge in [0.05, 0.1) is 21.8 Å². The van der Waals surface area contributed by atoms with Gasteiger partial charge in [0.2, 0.25) is 5.91 Å². The summed E-state index contributed by atoms with van der Waals surface area (Å²) in [6, 6.07) is 18.1. The first-order valence-corrected chi connectivity index (χ1v) is 12.1. The fraction of sp³-hybridized carbons (Fsp3) is 0.143. The minimum absolute atomic E-state index is 0.0245. The number of aryl methyl sites for hydroxylation is 1. The summed E-state index contributed by atoms with van der Waals surface area (Å²) in [5.74, 6) is -2.98. The van der Waals surface area contributed by atoms with Crippen LogP contribution in [0.15, 0.2) is 72.8 Å². The van der Waals surface area contributed by atoms with Crippen LogP contribution in [0.3, 0.4) is 0 Å². The molecule has 200 valence electrons. The van der Waals surface area contributed by atoms with E-state index >= 15 is 0 Å². The van der Waals surface area contributed by atoms with E-state index in [1.54, 1.807) is 13.0 Å². The molecule has 0 aliphatic rings. The van der Waals surface area contributed by atoms with Gasteiger partial charge in [-0.2, -0.15) is 4.73 Å². The van der Waals surface area contributed by atoms with Crippen molar-refractivity contribution in [1.29, 1.82) is 0 Å². The average Bonchev–Trinajstić information content (AvgIpc) is 3.26. The lowest BCUT2D eigenvalue weighted by atomic mass is 10.0. The Hall–Kier alpha value is -4.70. The summed E-state index contributed by atoms with van der Waals surface area (Å²) in [5, 5.41) is 14.4. The molecular formula is C28H24ClFN4O5. The molecule has 0 saturated carbocycles. The van der Waals surface area contributed by atoms with Crippen LogP contribution in [0.25, 0.3) is 11.4 Å². The number of halogens is 2. The molecule has 1 aromatic heterocycles. The Labute approximate surface area is 228 Å². The first-order valence-electron chi connectivity index (χ1n) is 11.8. The number of rotatable bonds is 9. The second kappa shape index (κ2) is 11.8. The standard InChI is InChI=1S/C28H24ClFN4O5/c1-16-24(34(39-2)25(31-16)20-9-6-10-21(29)23(20)30)27(36)33-22(15-17-7-4-3-5-8-17)26(35)32-19-13-11-18(12-14-19)28(37)38/h3-14,22H,15H2,1-2H3,(H,32,35)(H,33,36)(H,37,38)/t22-/m0/s1. The third-order valence-electron chi connectivity index (χ3n) is 5.91. The van der Waals surface area contributed by atoms with Crippen LogP contribution in [0.2, 0.25) is 5.02 Å². The number of nitrogens with one attached hydrogen (secondary N) is 2. The Morgan fingerprint density at radius 3 is 2.38 bits per heavy atom. The first-order chi connectivity index (χ1) is 18.7. The Bertz CT molecular complexity index is 1520. The number of hydrogen-bond donors (Lipinski definition) is 3. The molecule has 1 atom stereocenters. The number of aromatic nitrogens is 2. The highest BCUT2D eigenvalue weighted by Gasteiger charge is 2.29. The quantitative estimate of drug-likeness (QED) is 0.284. The topological polar surface area (TPSA) is 123 Å². The molecule has 0 radical (unpaired) electrons. The highest BCUT2D eigenvalue weighted by molar-refractivity contribution is 6.31. The van der Waals surface area contributed by atoms with Crippen LogP contribution in [-0.4, -0.2) is 45.8 Å². The van der Waals surface area contributed by atoms with Gasteiger partial charge in [-0.1, -0.05) is 48.0 Å². The van der Waals surface area contributed by atoms with Gasteiger partial charge in [-0.05, 0) is 48.9 Å². The molecule has 0 aliphatic carbocycles. The van der Waals surface area contributed by atoms with Crippen LogP contribution >= 0.6 is 11.6 Å². The van der Waals surface area contributed by atoms with E-state index in [0.29, 0.717) is 5.69 Å². The number of anilines is 1. The third kappa shape index (κ3) is 6.07. The van der Waals surface area contributed by atoms with Crippen LogP contribution in [0.1, 0.15) is 32.1 Å². The number of carboxylic acid groups (broad SMARTS) is 1. The van der Waals surface area contributed by atoms with Gasteiger partial charge < -0.3 is 20.6 Å². The lowest BCUT2D eigenvalue weighted by molar-refractivity contribution is -0.118. The van der Waals surface area contributed by atoms with Gasteiger partial charge >= 0.3 is 5.97 Å². The molecule has 0 unspecified atom stereocenters. The molecule has 3 aromatic carbocycles. The number of carboxylic acids is 1. The number of imidazole rings is 1. The summed E-state index contributed by atoms with van der Waals surface area (Å²) in [6.07, 6.45) is 0.154. The molecule has 1 heterocycles. The smallest absolute Gasteiger partial charge is 0.335 e. The van der Waals surface area contributed by atoms with Crippen molar-refractivity contribution in [3.8, 4) is 11.4 Å². The van der Waals surface area contributed by atoms with E-state index in [0.717, 1.165) is 10.3 Å². The van der Waals surface area contributed by atoms with Crippen molar-refractivity contribution >= 4 is 35.1 Å². The van der Waals surface area contributed by atoms with Gasteiger partial charge in [0.15, 0.2) is 17.3 Å². The van der Waals surface area contributed by atoms with Crippen molar-refractivity contribution in [2.24, 2.45) is 0 Å². The number of hydrogen-bond acceptors (Lipinski definition) is 5. The summed E-state index contributed by atoms with van der Waals surface area (Å²) in [7, 11) is 1.30. The monoisotopic (exact) mass is 550 g/mol. The minimum atomic E-state index is -1.09. The summed E-state index contributed by atoms with van der Waals surface area (Å²) < 4.78 is 15.8. The summed E-state index contributed by atoms with van der Waals surface area (Å²) in [4.78, 5) is 47.6. The maximum atomic E-state index is 14.8. The van der Waals surface area contributed by atoms with Crippen molar-refractivity contribution < 1.29 is 28.7 Å². The molecule has 4 aromatic rings. The Kier molecular flexibility index (Phi) is 8.26. The summed E-state index contributed by atoms with van der Waals surface area (Å²) in [6.45, 7) is 1.56. The maximum absolute atomic E-state index is 14.8. The zero-order valence-electron chi connectivity index (χ0n) is 20.9. The molecular weight excluding hydrogens is 527 g/mol. The molecule has 11 heteroatoms. The molecule has 2 amide bonds. The van der Waals surface area contributed by atoms with E-state index in [1.807, 2.05) is 30.3 Å². The van der Waals surface area contributed by atoms with Gasteiger partial charge in [0, 0.05) is 12.1 Å². The van der Waals surface area contributed by atoms with Crippen molar-refractivity contribution in [3.05, 3.63) is 106 Å². The second-order valence-corrected chi connectivity index (χ2v) is 8.94. The molecule has 4 rings (SSSR count). The molecule has 3 N–H and O–H groups in total. The fourth-order valence-electron chi connectivity index (χ4n) is 4.00. The van der Waals surface area contributed by atoms with E-state index < -0.39 is 29.6 Å². The molecule has 0 saturated heterocycles. The third-order valence-corrected chi connectivity index (χ3v) is 6.20. The van der Waals surface area contributed by atoms with Gasteiger partial charge in [0.1, 0.15) is 13.2 Å². The Morgan fingerprint density at radius 1 is 1.05 bits per heavy atom. The minimum Gasteiger partial charge on any atom is -0.478 e. The number of benzene rings is 3. The number of aromatic carboxylic acids is 1. The predicted molar refractivity (Wildman–Crippen MR) is 143 cm³/mol. The normalized spacial score (nSPS) is 11.5. The van der Waals surface area contributed by atoms with Crippen LogP contribution in [0.5, 0.6) is 0 Å². The zero-order chi connectivity index (χ0) is 28.1. The fourth-order valence-corrected chi connectivity index (χ4v) is 4.18. The number of carbonyl (C=O) groups excluding carboxylic acids is 2. The predicted octanol–water partition coefficient (Wildman–Crippen LogP) is 4.39. The number of amides is 2. The van der Waals surface area contributed by atoms with E-state index in [9.17, 15) is 18.8 Å². The average molecular weight is 551 g/mol. The van der Waals surface area contributed by atoms with Crippen molar-refractivity contribution in [2.45, 2.75) is 19.4 Å². The Balaban J connectivity index is 1.64. The SMILES string of the molecule is COn1c(-c2cccc(Cl)c2F)nc(C)c1C(=O)N[C@@H](Cc1ccccc1)C(=O)Nc1ccc(C(=O)O)cc1. The van der Waals surface area contributed by atoms with Gasteiger partial charge in [-0.15, -0.1) is 0 Å². The van der Waals surface area contributed by atoms with E-state index in [2.05, 4.69) is 15.6 Å². The molecule has 0 spiro atoms. The first kappa shape index (κ1) is 27.3. The lowest BCUT2D eigenvalue weighted by Crippen LogP contribution is -2.46. The van der Waals surface area contributed by atoms with Crippen LogP contribution in [0.4, 0.5) is 10.1 Å². The van der Waals surface area contributed by atoms with Gasteiger partial charge in [0.25, 0.3) is 5.91 Å². The molecule has 0 aliphatic heterocycles. The zero-order valence-corrected chi connectivity index (χ0v) is 21.7. The van der Waals surface area contributed by atoms with Crippen molar-refractivity contribution in [3.63, 3.8) is 0 Å². The lowest BCUT2D eigenvalue weighted by Gasteiger charge is -2.19. The van der Waals surface area contributed by atoms with Gasteiger partial charge in [-0.3, -0.25) is 9.59 Å². The number of nitrogens with zero attached hydrogens (tertiary/aromatic N) is 2. The summed E-state index contributed by atoms with van der Waals surface area (Å²) in [5.41, 5.74) is 1.47. The molecule has 0 fully saturated rings. The molecule has 0 bridgehead atoms. The second-order valence-electron chi connectivity index (χ2n) is 8.54. The van der Waals surface area contributed by atoms with Crippen LogP contribution in [0, 0.1) is 12.7 Å². The summed E-state index contributed by atoms with van der Waals surface area (Å²) >= 11 is 5.93.